The Morgan fingerprint density at radius 1 is 1.21 bits per heavy atom. The molecule has 34 heavy (non-hydrogen) atoms. The predicted molar refractivity (Wildman–Crippen MR) is 134 cm³/mol. The number of carbonyl (C=O) groups excluding carboxylic acids is 1. The van der Waals surface area contributed by atoms with E-state index in [9.17, 15) is 4.79 Å². The molecule has 1 fully saturated rings. The third-order valence-corrected chi connectivity index (χ3v) is 7.11. The topological polar surface area (TPSA) is 72.3 Å². The zero-order valence-corrected chi connectivity index (χ0v) is 20.4. The average Bonchev–Trinajstić information content (AvgIpc) is 3.55. The smallest absolute Gasteiger partial charge is 0.224 e. The van der Waals surface area contributed by atoms with Crippen molar-refractivity contribution in [1.82, 2.24) is 14.8 Å². The van der Waals surface area contributed by atoms with Crippen LogP contribution in [0.1, 0.15) is 44.0 Å². The van der Waals surface area contributed by atoms with Crippen LogP contribution in [0, 0.1) is 18.8 Å². The summed E-state index contributed by atoms with van der Waals surface area (Å²) in [5, 5.41) is 8.21. The maximum Gasteiger partial charge on any atom is 0.224 e. The maximum atomic E-state index is 12.9. The second-order valence-electron chi connectivity index (χ2n) is 9.62. The van der Waals surface area contributed by atoms with E-state index >= 15 is 0 Å². The fourth-order valence-corrected chi connectivity index (χ4v) is 5.35. The van der Waals surface area contributed by atoms with Crippen molar-refractivity contribution >= 4 is 17.4 Å². The van der Waals surface area contributed by atoms with Crippen molar-refractivity contribution < 1.29 is 9.53 Å². The van der Waals surface area contributed by atoms with E-state index in [-0.39, 0.29) is 23.9 Å². The summed E-state index contributed by atoms with van der Waals surface area (Å²) >= 11 is 0. The summed E-state index contributed by atoms with van der Waals surface area (Å²) in [5.41, 5.74) is 5.26. The lowest BCUT2D eigenvalue weighted by molar-refractivity contribution is -0.117. The van der Waals surface area contributed by atoms with Gasteiger partial charge in [0.1, 0.15) is 5.82 Å². The number of amides is 1. The van der Waals surface area contributed by atoms with Gasteiger partial charge in [-0.25, -0.2) is 4.98 Å². The molecule has 1 aliphatic carbocycles. The number of rotatable bonds is 7. The number of hydrogen-bond donors (Lipinski definition) is 1. The Bertz CT molecular complexity index is 1190. The molecular weight excluding hydrogens is 426 g/mol. The van der Waals surface area contributed by atoms with Crippen LogP contribution in [-0.2, 0) is 16.1 Å². The normalized spacial score (nSPS) is 21.9. The molecule has 7 nitrogen and oxygen atoms in total. The molecule has 2 aliphatic rings. The third kappa shape index (κ3) is 4.32. The first kappa shape index (κ1) is 22.6. The standard InChI is InChI=1S/C27H33N5O2/c1-17-6-5-7-25(29-17)30-26-18(2)27(20-8-9-20)32(19(3)33)24-11-10-21(14-23(24)26)22-15-28-31(16-22)12-13-34-4/h5-7,10-11,14-16,18,20,26-27H,8-9,12-13H2,1-4H3,(H,29,30)/t18-,26-,27?/m0/s1. The highest BCUT2D eigenvalue weighted by atomic mass is 16.5. The second kappa shape index (κ2) is 9.22. The first-order valence-corrected chi connectivity index (χ1v) is 12.1. The maximum absolute atomic E-state index is 12.9. The van der Waals surface area contributed by atoms with Gasteiger partial charge in [-0.3, -0.25) is 9.48 Å². The lowest BCUT2D eigenvalue weighted by atomic mass is 9.79. The van der Waals surface area contributed by atoms with Crippen LogP contribution < -0.4 is 10.2 Å². The van der Waals surface area contributed by atoms with E-state index in [1.807, 2.05) is 47.1 Å². The summed E-state index contributed by atoms with van der Waals surface area (Å²) in [6, 6.07) is 12.7. The van der Waals surface area contributed by atoms with Crippen molar-refractivity contribution in [2.75, 3.05) is 23.9 Å². The Kier molecular flexibility index (Phi) is 6.13. The lowest BCUT2D eigenvalue weighted by Crippen LogP contribution is -2.51. The third-order valence-electron chi connectivity index (χ3n) is 7.11. The Morgan fingerprint density at radius 2 is 2.03 bits per heavy atom. The van der Waals surface area contributed by atoms with E-state index in [1.54, 1.807) is 14.0 Å². The van der Waals surface area contributed by atoms with Gasteiger partial charge in [-0.1, -0.05) is 19.1 Å². The van der Waals surface area contributed by atoms with Crippen molar-refractivity contribution in [3.8, 4) is 11.1 Å². The van der Waals surface area contributed by atoms with E-state index in [1.165, 1.54) is 12.8 Å². The first-order valence-electron chi connectivity index (χ1n) is 12.1. The van der Waals surface area contributed by atoms with E-state index < -0.39 is 0 Å². The van der Waals surface area contributed by atoms with Crippen molar-refractivity contribution in [3.05, 3.63) is 60.0 Å². The molecule has 0 bridgehead atoms. The molecule has 7 heteroatoms. The Morgan fingerprint density at radius 3 is 2.74 bits per heavy atom. The number of fused-ring (bicyclic) bond motifs is 1. The summed E-state index contributed by atoms with van der Waals surface area (Å²) in [4.78, 5) is 19.6. The molecule has 3 heterocycles. The summed E-state index contributed by atoms with van der Waals surface area (Å²) in [6.45, 7) is 7.30. The van der Waals surface area contributed by atoms with Crippen molar-refractivity contribution in [1.29, 1.82) is 0 Å². The van der Waals surface area contributed by atoms with Crippen LogP contribution in [0.25, 0.3) is 11.1 Å². The first-order chi connectivity index (χ1) is 16.5. The number of methoxy groups -OCH3 is 1. The lowest BCUT2D eigenvalue weighted by Gasteiger charge is -2.46. The van der Waals surface area contributed by atoms with Crippen LogP contribution in [0.2, 0.25) is 0 Å². The molecule has 0 radical (unpaired) electrons. The van der Waals surface area contributed by atoms with Gasteiger partial charge >= 0.3 is 0 Å². The van der Waals surface area contributed by atoms with Crippen LogP contribution in [0.4, 0.5) is 11.5 Å². The minimum Gasteiger partial charge on any atom is -0.383 e. The van der Waals surface area contributed by atoms with Gasteiger partial charge in [0.2, 0.25) is 5.91 Å². The summed E-state index contributed by atoms with van der Waals surface area (Å²) in [7, 11) is 1.70. The molecule has 0 saturated heterocycles. The molecular formula is C27H33N5O2. The van der Waals surface area contributed by atoms with Gasteiger partial charge in [-0.2, -0.15) is 5.10 Å². The highest BCUT2D eigenvalue weighted by Gasteiger charge is 2.47. The molecule has 1 aliphatic heterocycles. The molecule has 0 spiro atoms. The number of anilines is 2. The number of aryl methyl sites for hydroxylation is 1. The summed E-state index contributed by atoms with van der Waals surface area (Å²) in [5.74, 6) is 1.77. The molecule has 2 aromatic heterocycles. The number of ether oxygens (including phenoxy) is 1. The number of pyridine rings is 1. The Hall–Kier alpha value is -3.19. The molecule has 1 aromatic carbocycles. The zero-order chi connectivity index (χ0) is 23.8. The highest BCUT2D eigenvalue weighted by molar-refractivity contribution is 5.94. The zero-order valence-electron chi connectivity index (χ0n) is 20.4. The van der Waals surface area contributed by atoms with E-state index in [4.69, 9.17) is 9.72 Å². The fraction of sp³-hybridized carbons (Fsp3) is 0.444. The summed E-state index contributed by atoms with van der Waals surface area (Å²) in [6.07, 6.45) is 6.31. The van der Waals surface area contributed by atoms with Gasteiger partial charge in [0.05, 0.1) is 25.4 Å². The van der Waals surface area contributed by atoms with Crippen molar-refractivity contribution in [2.45, 2.75) is 52.2 Å². The predicted octanol–water partition coefficient (Wildman–Crippen LogP) is 4.83. The van der Waals surface area contributed by atoms with Crippen LogP contribution >= 0.6 is 0 Å². The molecule has 3 atom stereocenters. The Labute approximate surface area is 201 Å². The van der Waals surface area contributed by atoms with Gasteiger partial charge in [-0.05, 0) is 61.1 Å². The molecule has 1 N–H and O–H groups in total. The number of carbonyl (C=O) groups is 1. The van der Waals surface area contributed by atoms with Crippen molar-refractivity contribution in [3.63, 3.8) is 0 Å². The highest BCUT2D eigenvalue weighted by Crippen LogP contribution is 2.50. The van der Waals surface area contributed by atoms with Gasteiger partial charge in [-0.15, -0.1) is 0 Å². The molecule has 5 rings (SSSR count). The molecule has 1 saturated carbocycles. The minimum absolute atomic E-state index is 0.0500. The van der Waals surface area contributed by atoms with E-state index in [2.05, 4.69) is 35.5 Å². The van der Waals surface area contributed by atoms with Gasteiger partial charge in [0.15, 0.2) is 0 Å². The van der Waals surface area contributed by atoms with Crippen LogP contribution in [0.5, 0.6) is 0 Å². The summed E-state index contributed by atoms with van der Waals surface area (Å²) < 4.78 is 7.08. The fourth-order valence-electron chi connectivity index (χ4n) is 5.35. The van der Waals surface area contributed by atoms with E-state index in [0.717, 1.165) is 33.9 Å². The average molecular weight is 460 g/mol. The molecule has 3 aromatic rings. The van der Waals surface area contributed by atoms with Crippen LogP contribution in [-0.4, -0.2) is 40.4 Å². The Balaban J connectivity index is 1.57. The largest absolute Gasteiger partial charge is 0.383 e. The number of benzene rings is 1. The quantitative estimate of drug-likeness (QED) is 0.548. The number of aromatic nitrogens is 3. The van der Waals surface area contributed by atoms with E-state index in [0.29, 0.717) is 19.1 Å². The van der Waals surface area contributed by atoms with Crippen LogP contribution in [0.3, 0.4) is 0 Å². The van der Waals surface area contributed by atoms with Gasteiger partial charge in [0, 0.05) is 49.1 Å². The molecule has 178 valence electrons. The second-order valence-corrected chi connectivity index (χ2v) is 9.62. The monoisotopic (exact) mass is 459 g/mol. The molecule has 1 unspecified atom stereocenters. The number of nitrogens with one attached hydrogen (secondary N) is 1. The van der Waals surface area contributed by atoms with Gasteiger partial charge in [0.25, 0.3) is 0 Å². The minimum atomic E-state index is 0.0500. The SMILES string of the molecule is COCCn1cc(-c2ccc3c(c2)[C@@H](Nc2cccc(C)n2)[C@H](C)C(C2CC2)N3C(C)=O)cn1. The van der Waals surface area contributed by atoms with Crippen molar-refractivity contribution in [2.24, 2.45) is 11.8 Å². The number of nitrogens with zero attached hydrogens (tertiary/aromatic N) is 4. The number of hydrogen-bond acceptors (Lipinski definition) is 5. The van der Waals surface area contributed by atoms with Gasteiger partial charge < -0.3 is 15.0 Å². The van der Waals surface area contributed by atoms with Crippen LogP contribution in [0.15, 0.2) is 48.8 Å². The molecule has 1 amide bonds.